The topological polar surface area (TPSA) is 50.8 Å². The molecule has 5 nitrogen and oxygen atoms in total. The van der Waals surface area contributed by atoms with E-state index in [-0.39, 0.29) is 18.1 Å². The van der Waals surface area contributed by atoms with Gasteiger partial charge in [-0.1, -0.05) is 24.3 Å². The number of nitrogens with one attached hydrogen (secondary N) is 1. The number of hydrogen-bond donors (Lipinski definition) is 1. The summed E-state index contributed by atoms with van der Waals surface area (Å²) < 4.78 is 11.0. The first-order valence-corrected chi connectivity index (χ1v) is 11.5. The molecular weight excluding hydrogens is 396 g/mol. The minimum atomic E-state index is 0.0828. The number of carbonyl (C=O) groups is 1. The summed E-state index contributed by atoms with van der Waals surface area (Å²) in [4.78, 5) is 15.9. The summed E-state index contributed by atoms with van der Waals surface area (Å²) in [7, 11) is 1.66. The first kappa shape index (κ1) is 22.7. The third-order valence-corrected chi connectivity index (χ3v) is 6.15. The van der Waals surface area contributed by atoms with E-state index in [1.807, 2.05) is 30.3 Å². The summed E-state index contributed by atoms with van der Waals surface area (Å²) in [5, 5.41) is 3.08. The second-order valence-corrected chi connectivity index (χ2v) is 8.94. The number of morpholine rings is 1. The van der Waals surface area contributed by atoms with E-state index in [0.29, 0.717) is 13.0 Å². The van der Waals surface area contributed by atoms with Crippen LogP contribution in [-0.2, 0) is 22.6 Å². The molecule has 2 aromatic rings. The van der Waals surface area contributed by atoms with E-state index in [2.05, 4.69) is 42.3 Å². The van der Waals surface area contributed by atoms with Gasteiger partial charge in [-0.25, -0.2) is 0 Å². The Morgan fingerprint density at radius 2 is 1.77 bits per heavy atom. The van der Waals surface area contributed by atoms with Crippen molar-refractivity contribution in [1.29, 1.82) is 0 Å². The number of benzene rings is 2. The highest BCUT2D eigenvalue weighted by Crippen LogP contribution is 2.22. The fraction of sp³-hybridized carbons (Fsp3) is 0.458. The number of ether oxygens (including phenoxy) is 2. The number of thioether (sulfide) groups is 1. The van der Waals surface area contributed by atoms with Crippen LogP contribution < -0.4 is 10.1 Å². The smallest absolute Gasteiger partial charge is 0.221 e. The predicted octanol–water partition coefficient (Wildman–Crippen LogP) is 4.10. The molecule has 0 radical (unpaired) electrons. The van der Waals surface area contributed by atoms with E-state index in [0.717, 1.165) is 36.0 Å². The summed E-state index contributed by atoms with van der Waals surface area (Å²) in [6.45, 7) is 7.58. The molecule has 1 fully saturated rings. The van der Waals surface area contributed by atoms with Gasteiger partial charge in [-0.3, -0.25) is 9.69 Å². The normalized spacial score (nSPS) is 19.4. The molecule has 3 rings (SSSR count). The zero-order valence-corrected chi connectivity index (χ0v) is 18.9. The Balaban J connectivity index is 1.45. The number of carbonyl (C=O) groups excluding carboxylic acids is 1. The van der Waals surface area contributed by atoms with E-state index in [1.54, 1.807) is 18.9 Å². The Hall–Kier alpha value is -2.02. The fourth-order valence-corrected chi connectivity index (χ4v) is 4.61. The molecule has 0 aromatic heterocycles. The van der Waals surface area contributed by atoms with E-state index in [1.165, 1.54) is 11.1 Å². The number of methoxy groups -OCH3 is 1. The standard InChI is InChI=1S/C24H32N2O3S/c1-18-15-26(16-19(2)29-18)17-21-7-5-4-6-20(21)14-25-24(27)12-13-30-23-10-8-22(28-3)9-11-23/h4-11,18-19H,12-17H2,1-3H3,(H,25,27). The quantitative estimate of drug-likeness (QED) is 0.610. The molecule has 1 aliphatic heterocycles. The number of hydrogen-bond acceptors (Lipinski definition) is 5. The Bertz CT molecular complexity index is 802. The Morgan fingerprint density at radius 1 is 1.10 bits per heavy atom. The molecule has 6 heteroatoms. The van der Waals surface area contributed by atoms with Gasteiger partial charge in [0.1, 0.15) is 5.75 Å². The van der Waals surface area contributed by atoms with Crippen LogP contribution in [0.1, 0.15) is 31.4 Å². The Labute approximate surface area is 184 Å². The second-order valence-electron chi connectivity index (χ2n) is 7.77. The lowest BCUT2D eigenvalue weighted by atomic mass is 10.1. The monoisotopic (exact) mass is 428 g/mol. The predicted molar refractivity (Wildman–Crippen MR) is 122 cm³/mol. The van der Waals surface area contributed by atoms with Crippen LogP contribution in [0.4, 0.5) is 0 Å². The van der Waals surface area contributed by atoms with Crippen LogP contribution in [0.3, 0.4) is 0 Å². The third-order valence-electron chi connectivity index (χ3n) is 5.14. The van der Waals surface area contributed by atoms with Crippen LogP contribution >= 0.6 is 11.8 Å². The summed E-state index contributed by atoms with van der Waals surface area (Å²) in [5.41, 5.74) is 2.45. The van der Waals surface area contributed by atoms with Gasteiger partial charge >= 0.3 is 0 Å². The first-order chi connectivity index (χ1) is 14.5. The highest BCUT2D eigenvalue weighted by atomic mass is 32.2. The lowest BCUT2D eigenvalue weighted by molar-refractivity contribution is -0.120. The van der Waals surface area contributed by atoms with Crippen molar-refractivity contribution in [1.82, 2.24) is 10.2 Å². The van der Waals surface area contributed by atoms with Crippen LogP contribution in [-0.4, -0.2) is 49.0 Å². The minimum Gasteiger partial charge on any atom is -0.497 e. The molecule has 0 aliphatic carbocycles. The van der Waals surface area contributed by atoms with Gasteiger partial charge in [0.2, 0.25) is 5.91 Å². The molecule has 30 heavy (non-hydrogen) atoms. The molecule has 2 atom stereocenters. The van der Waals surface area contributed by atoms with Gasteiger partial charge < -0.3 is 14.8 Å². The van der Waals surface area contributed by atoms with Crippen molar-refractivity contribution in [3.05, 3.63) is 59.7 Å². The molecule has 1 amide bonds. The molecule has 2 aromatic carbocycles. The molecule has 0 saturated carbocycles. The highest BCUT2D eigenvalue weighted by molar-refractivity contribution is 7.99. The Morgan fingerprint density at radius 3 is 2.43 bits per heavy atom. The van der Waals surface area contributed by atoms with Gasteiger partial charge in [-0.05, 0) is 49.2 Å². The third kappa shape index (κ3) is 7.04. The summed E-state index contributed by atoms with van der Waals surface area (Å²) in [6, 6.07) is 16.3. The SMILES string of the molecule is COc1ccc(SCCC(=O)NCc2ccccc2CN2CC(C)OC(C)C2)cc1. The fourth-order valence-electron chi connectivity index (χ4n) is 3.75. The summed E-state index contributed by atoms with van der Waals surface area (Å²) in [5.74, 6) is 1.68. The zero-order valence-electron chi connectivity index (χ0n) is 18.1. The van der Waals surface area contributed by atoms with Gasteiger partial charge in [0, 0.05) is 43.2 Å². The maximum absolute atomic E-state index is 12.3. The molecule has 1 saturated heterocycles. The van der Waals surface area contributed by atoms with Gasteiger partial charge in [-0.15, -0.1) is 11.8 Å². The highest BCUT2D eigenvalue weighted by Gasteiger charge is 2.22. The lowest BCUT2D eigenvalue weighted by Gasteiger charge is -2.35. The van der Waals surface area contributed by atoms with Gasteiger partial charge in [0.15, 0.2) is 0 Å². The number of amides is 1. The van der Waals surface area contributed by atoms with E-state index in [4.69, 9.17) is 9.47 Å². The second kappa shape index (κ2) is 11.4. The number of nitrogens with zero attached hydrogens (tertiary/aromatic N) is 1. The molecule has 1 N–H and O–H groups in total. The van der Waals surface area contributed by atoms with Crippen molar-refractivity contribution < 1.29 is 14.3 Å². The van der Waals surface area contributed by atoms with Crippen LogP contribution in [0.2, 0.25) is 0 Å². The average Bonchev–Trinajstić information content (AvgIpc) is 2.73. The molecule has 0 spiro atoms. The van der Waals surface area contributed by atoms with Crippen molar-refractivity contribution in [3.8, 4) is 5.75 Å². The summed E-state index contributed by atoms with van der Waals surface area (Å²) >= 11 is 1.68. The molecule has 162 valence electrons. The maximum atomic E-state index is 12.3. The molecule has 1 heterocycles. The van der Waals surface area contributed by atoms with Gasteiger partial charge in [0.25, 0.3) is 0 Å². The van der Waals surface area contributed by atoms with Crippen LogP contribution in [0.15, 0.2) is 53.4 Å². The van der Waals surface area contributed by atoms with E-state index >= 15 is 0 Å². The van der Waals surface area contributed by atoms with Crippen molar-refractivity contribution in [2.45, 2.75) is 50.5 Å². The van der Waals surface area contributed by atoms with Crippen LogP contribution in [0.25, 0.3) is 0 Å². The van der Waals surface area contributed by atoms with Crippen molar-refractivity contribution in [2.24, 2.45) is 0 Å². The molecule has 1 aliphatic rings. The summed E-state index contributed by atoms with van der Waals surface area (Å²) in [6.07, 6.45) is 1.00. The largest absolute Gasteiger partial charge is 0.497 e. The van der Waals surface area contributed by atoms with E-state index in [9.17, 15) is 4.79 Å². The zero-order chi connectivity index (χ0) is 21.3. The minimum absolute atomic E-state index is 0.0828. The Kier molecular flexibility index (Phi) is 8.61. The average molecular weight is 429 g/mol. The van der Waals surface area contributed by atoms with Gasteiger partial charge in [0.05, 0.1) is 19.3 Å². The first-order valence-electron chi connectivity index (χ1n) is 10.5. The van der Waals surface area contributed by atoms with E-state index < -0.39 is 0 Å². The molecular formula is C24H32N2O3S. The van der Waals surface area contributed by atoms with Crippen molar-refractivity contribution in [3.63, 3.8) is 0 Å². The van der Waals surface area contributed by atoms with Crippen LogP contribution in [0, 0.1) is 0 Å². The number of rotatable bonds is 9. The van der Waals surface area contributed by atoms with Crippen LogP contribution in [0.5, 0.6) is 5.75 Å². The lowest BCUT2D eigenvalue weighted by Crippen LogP contribution is -2.45. The van der Waals surface area contributed by atoms with Crippen molar-refractivity contribution >= 4 is 17.7 Å². The van der Waals surface area contributed by atoms with Crippen molar-refractivity contribution in [2.75, 3.05) is 26.0 Å². The maximum Gasteiger partial charge on any atom is 0.221 e. The van der Waals surface area contributed by atoms with Gasteiger partial charge in [-0.2, -0.15) is 0 Å². The molecule has 2 unspecified atom stereocenters. The molecule has 0 bridgehead atoms.